The molecule has 0 radical (unpaired) electrons. The summed E-state index contributed by atoms with van der Waals surface area (Å²) >= 11 is 0. The highest BCUT2D eigenvalue weighted by atomic mass is 32.2. The first-order chi connectivity index (χ1) is 8.75. The molecule has 0 aromatic carbocycles. The third-order valence-electron chi connectivity index (χ3n) is 3.84. The minimum absolute atomic E-state index is 0.0829. The molecule has 0 bridgehead atoms. The van der Waals surface area contributed by atoms with Crippen LogP contribution in [0.1, 0.15) is 53.4 Å². The van der Waals surface area contributed by atoms with Crippen LogP contribution in [0.5, 0.6) is 0 Å². The summed E-state index contributed by atoms with van der Waals surface area (Å²) in [5.74, 6) is 0.618. The van der Waals surface area contributed by atoms with Gasteiger partial charge in [0.25, 0.3) is 0 Å². The summed E-state index contributed by atoms with van der Waals surface area (Å²) in [7, 11) is -0.759. The molecule has 5 heteroatoms. The smallest absolute Gasteiger partial charge is 0.237 e. The molecule has 0 heterocycles. The van der Waals surface area contributed by atoms with Crippen molar-refractivity contribution in [3.63, 3.8) is 0 Å². The average Bonchev–Trinajstić information content (AvgIpc) is 2.36. The van der Waals surface area contributed by atoms with Crippen LogP contribution >= 0.6 is 0 Å². The Balaban J connectivity index is 2.53. The zero-order chi connectivity index (χ0) is 14.6. The fourth-order valence-corrected chi connectivity index (χ4v) is 3.78. The summed E-state index contributed by atoms with van der Waals surface area (Å²) in [5, 5.41) is 3.27. The molecule has 0 aromatic heterocycles. The Bertz CT molecular complexity index is 339. The molecule has 1 saturated carbocycles. The molecular formula is C14H28N2O2S. The zero-order valence-corrected chi connectivity index (χ0v) is 13.4. The Morgan fingerprint density at radius 2 is 2.05 bits per heavy atom. The first-order valence-electron chi connectivity index (χ1n) is 7.18. The summed E-state index contributed by atoms with van der Waals surface area (Å²) in [6, 6.07) is -0.361. The van der Waals surface area contributed by atoms with E-state index in [0.717, 1.165) is 25.7 Å². The second-order valence-corrected chi connectivity index (χ2v) is 8.51. The van der Waals surface area contributed by atoms with Crippen LogP contribution < -0.4 is 11.1 Å². The van der Waals surface area contributed by atoms with Gasteiger partial charge in [-0.05, 0) is 24.7 Å². The van der Waals surface area contributed by atoms with Crippen molar-refractivity contribution in [2.75, 3.05) is 5.75 Å². The molecule has 1 aliphatic rings. The molecule has 0 saturated heterocycles. The molecule has 1 amide bonds. The number of carbonyl (C=O) groups is 1. The maximum Gasteiger partial charge on any atom is 0.237 e. The standard InChI is InChI=1S/C14H28N2O2S/c1-5-19(18)11-8-6-7-10(9-11)16-13(17)12(15)14(2,3)4/h10-12H,5-9,15H2,1-4H3,(H,16,17)/t10?,11?,12-,19?/m1/s1. The van der Waals surface area contributed by atoms with Gasteiger partial charge in [-0.15, -0.1) is 0 Å². The molecule has 0 spiro atoms. The number of hydrogen-bond acceptors (Lipinski definition) is 3. The average molecular weight is 288 g/mol. The van der Waals surface area contributed by atoms with Crippen LogP contribution in [-0.4, -0.2) is 33.2 Å². The first kappa shape index (κ1) is 16.6. The van der Waals surface area contributed by atoms with Crippen LogP contribution in [0, 0.1) is 5.41 Å². The van der Waals surface area contributed by atoms with Crippen molar-refractivity contribution >= 4 is 16.7 Å². The van der Waals surface area contributed by atoms with E-state index in [1.54, 1.807) is 0 Å². The third-order valence-corrected chi connectivity index (χ3v) is 5.59. The predicted octanol–water partition coefficient (Wildman–Crippen LogP) is 1.56. The van der Waals surface area contributed by atoms with Gasteiger partial charge in [0.2, 0.25) is 5.91 Å². The normalized spacial score (nSPS) is 27.6. The van der Waals surface area contributed by atoms with Gasteiger partial charge in [-0.2, -0.15) is 0 Å². The third kappa shape index (κ3) is 4.88. The zero-order valence-electron chi connectivity index (χ0n) is 12.6. The fourth-order valence-electron chi connectivity index (χ4n) is 2.43. The Hall–Kier alpha value is -0.420. The van der Waals surface area contributed by atoms with Crippen molar-refractivity contribution in [1.82, 2.24) is 5.32 Å². The van der Waals surface area contributed by atoms with E-state index in [1.807, 2.05) is 27.7 Å². The van der Waals surface area contributed by atoms with Gasteiger partial charge >= 0.3 is 0 Å². The SMILES string of the molecule is CCS(=O)C1CCCC(NC(=O)[C@@H](N)C(C)(C)C)C1. The first-order valence-corrected chi connectivity index (χ1v) is 8.57. The molecule has 3 N–H and O–H groups in total. The van der Waals surface area contributed by atoms with Crippen LogP contribution in [0.15, 0.2) is 0 Å². The van der Waals surface area contributed by atoms with Crippen LogP contribution in [0.2, 0.25) is 0 Å². The predicted molar refractivity (Wildman–Crippen MR) is 80.3 cm³/mol. The van der Waals surface area contributed by atoms with Crippen molar-refractivity contribution in [1.29, 1.82) is 0 Å². The van der Waals surface area contributed by atoms with Crippen molar-refractivity contribution in [2.45, 2.75) is 70.7 Å². The van der Waals surface area contributed by atoms with Crippen molar-refractivity contribution in [2.24, 2.45) is 11.1 Å². The van der Waals surface area contributed by atoms with Crippen LogP contribution in [-0.2, 0) is 15.6 Å². The van der Waals surface area contributed by atoms with Crippen molar-refractivity contribution in [3.8, 4) is 0 Å². The molecule has 1 aliphatic carbocycles. The van der Waals surface area contributed by atoms with Crippen LogP contribution in [0.3, 0.4) is 0 Å². The highest BCUT2D eigenvalue weighted by Crippen LogP contribution is 2.24. The molecule has 19 heavy (non-hydrogen) atoms. The van der Waals surface area contributed by atoms with E-state index >= 15 is 0 Å². The second-order valence-electron chi connectivity index (χ2n) is 6.51. The summed E-state index contributed by atoms with van der Waals surface area (Å²) in [6.07, 6.45) is 3.84. The quantitative estimate of drug-likeness (QED) is 0.824. The Labute approximate surface area is 119 Å². The lowest BCUT2D eigenvalue weighted by Gasteiger charge is -2.32. The molecular weight excluding hydrogens is 260 g/mol. The number of amides is 1. The maximum absolute atomic E-state index is 12.1. The van der Waals surface area contributed by atoms with Crippen LogP contribution in [0.25, 0.3) is 0 Å². The number of hydrogen-bond donors (Lipinski definition) is 2. The molecule has 0 aromatic rings. The van der Waals surface area contributed by atoms with Gasteiger partial charge in [0.05, 0.1) is 6.04 Å². The largest absolute Gasteiger partial charge is 0.352 e. The monoisotopic (exact) mass is 288 g/mol. The van der Waals surface area contributed by atoms with Gasteiger partial charge in [-0.1, -0.05) is 34.1 Å². The van der Waals surface area contributed by atoms with E-state index in [-0.39, 0.29) is 22.6 Å². The molecule has 1 rings (SSSR count). The molecule has 4 atom stereocenters. The number of nitrogens with one attached hydrogen (secondary N) is 1. The fraction of sp³-hybridized carbons (Fsp3) is 0.929. The highest BCUT2D eigenvalue weighted by molar-refractivity contribution is 7.85. The maximum atomic E-state index is 12.1. The lowest BCUT2D eigenvalue weighted by Crippen LogP contribution is -2.52. The van der Waals surface area contributed by atoms with Gasteiger partial charge in [0.15, 0.2) is 0 Å². The van der Waals surface area contributed by atoms with E-state index in [2.05, 4.69) is 5.32 Å². The minimum Gasteiger partial charge on any atom is -0.352 e. The number of carbonyl (C=O) groups excluding carboxylic acids is 1. The van der Waals surface area contributed by atoms with E-state index < -0.39 is 16.8 Å². The van der Waals surface area contributed by atoms with E-state index in [9.17, 15) is 9.00 Å². The Morgan fingerprint density at radius 1 is 1.42 bits per heavy atom. The van der Waals surface area contributed by atoms with Crippen molar-refractivity contribution < 1.29 is 9.00 Å². The van der Waals surface area contributed by atoms with E-state index in [4.69, 9.17) is 5.73 Å². The van der Waals surface area contributed by atoms with E-state index in [0.29, 0.717) is 5.75 Å². The highest BCUT2D eigenvalue weighted by Gasteiger charge is 2.31. The minimum atomic E-state index is -0.759. The molecule has 1 fully saturated rings. The molecule has 4 nitrogen and oxygen atoms in total. The van der Waals surface area contributed by atoms with Crippen LogP contribution in [0.4, 0.5) is 0 Å². The van der Waals surface area contributed by atoms with Gasteiger partial charge in [-0.25, -0.2) is 0 Å². The molecule has 112 valence electrons. The van der Waals surface area contributed by atoms with Gasteiger partial charge in [-0.3, -0.25) is 9.00 Å². The van der Waals surface area contributed by atoms with Gasteiger partial charge in [0.1, 0.15) is 0 Å². The second kappa shape index (κ2) is 6.84. The Morgan fingerprint density at radius 3 is 2.58 bits per heavy atom. The van der Waals surface area contributed by atoms with Crippen molar-refractivity contribution in [3.05, 3.63) is 0 Å². The number of rotatable bonds is 4. The Kier molecular flexibility index (Phi) is 5.99. The molecule has 3 unspecified atom stereocenters. The molecule has 0 aliphatic heterocycles. The van der Waals surface area contributed by atoms with Gasteiger partial charge in [0, 0.05) is 27.8 Å². The topological polar surface area (TPSA) is 72.2 Å². The lowest BCUT2D eigenvalue weighted by molar-refractivity contribution is -0.125. The summed E-state index contributed by atoms with van der Waals surface area (Å²) < 4.78 is 11.9. The van der Waals surface area contributed by atoms with E-state index in [1.165, 1.54) is 0 Å². The van der Waals surface area contributed by atoms with Gasteiger partial charge < -0.3 is 11.1 Å². The number of nitrogens with two attached hydrogens (primary N) is 1. The summed E-state index contributed by atoms with van der Waals surface area (Å²) in [4.78, 5) is 12.1. The lowest BCUT2D eigenvalue weighted by atomic mass is 9.86. The summed E-state index contributed by atoms with van der Waals surface area (Å²) in [6.45, 7) is 7.85. The summed E-state index contributed by atoms with van der Waals surface area (Å²) in [5.41, 5.74) is 5.73.